The largest absolute Gasteiger partial charge is 0.491 e. The molecule has 1 heterocycles. The number of hydrogen-bond acceptors (Lipinski definition) is 3. The lowest BCUT2D eigenvalue weighted by Crippen LogP contribution is -2.42. The number of nitrogens with one attached hydrogen (secondary N) is 2. The predicted molar refractivity (Wildman–Crippen MR) is 81.4 cm³/mol. The van der Waals surface area contributed by atoms with Gasteiger partial charge < -0.3 is 20.5 Å². The first-order chi connectivity index (χ1) is 9.91. The highest BCUT2D eigenvalue weighted by Crippen LogP contribution is 2.32. The third kappa shape index (κ3) is 4.11. The number of aliphatic hydroxyl groups excluding tert-OH is 1. The molecule has 2 rings (SSSR count). The molecule has 0 fully saturated rings. The summed E-state index contributed by atoms with van der Waals surface area (Å²) in [5.74, 6) is 0.839. The molecule has 0 aromatic heterocycles. The fourth-order valence-corrected chi connectivity index (χ4v) is 2.37. The highest BCUT2D eigenvalue weighted by molar-refractivity contribution is 5.74. The molecule has 0 radical (unpaired) electrons. The van der Waals surface area contributed by atoms with Crippen molar-refractivity contribution in [2.24, 2.45) is 5.41 Å². The lowest BCUT2D eigenvalue weighted by molar-refractivity contribution is 0.199. The zero-order valence-electron chi connectivity index (χ0n) is 12.9. The van der Waals surface area contributed by atoms with Crippen molar-refractivity contribution in [3.05, 3.63) is 29.3 Å². The Kier molecular flexibility index (Phi) is 4.73. The van der Waals surface area contributed by atoms with E-state index in [4.69, 9.17) is 9.84 Å². The second-order valence-electron chi connectivity index (χ2n) is 6.37. The zero-order valence-corrected chi connectivity index (χ0v) is 12.9. The number of carbonyl (C=O) groups is 1. The van der Waals surface area contributed by atoms with E-state index in [1.54, 1.807) is 0 Å². The van der Waals surface area contributed by atoms with Gasteiger partial charge in [0.1, 0.15) is 12.4 Å². The Labute approximate surface area is 125 Å². The minimum absolute atomic E-state index is 0.110. The second kappa shape index (κ2) is 6.35. The molecule has 0 saturated heterocycles. The van der Waals surface area contributed by atoms with Gasteiger partial charge in [-0.1, -0.05) is 31.5 Å². The van der Waals surface area contributed by atoms with Gasteiger partial charge in [0.15, 0.2) is 0 Å². The second-order valence-corrected chi connectivity index (χ2v) is 6.37. The fraction of sp³-hybridized carbons (Fsp3) is 0.562. The lowest BCUT2D eigenvalue weighted by atomic mass is 9.90. The average molecular weight is 292 g/mol. The maximum atomic E-state index is 12.0. The summed E-state index contributed by atoms with van der Waals surface area (Å²) in [5.41, 5.74) is 2.06. The van der Waals surface area contributed by atoms with Crippen LogP contribution in [0.5, 0.6) is 5.75 Å². The van der Waals surface area contributed by atoms with Crippen LogP contribution in [0.2, 0.25) is 0 Å². The molecule has 0 bridgehead atoms. The van der Waals surface area contributed by atoms with Crippen LogP contribution in [-0.2, 0) is 0 Å². The van der Waals surface area contributed by atoms with Crippen molar-refractivity contribution >= 4 is 6.03 Å². The van der Waals surface area contributed by atoms with Gasteiger partial charge in [0.2, 0.25) is 0 Å². The number of fused-ring (bicyclic) bond motifs is 1. The molecule has 2 amide bonds. The molecule has 1 aromatic rings. The molecule has 5 heteroatoms. The monoisotopic (exact) mass is 292 g/mol. The molecular weight excluding hydrogens is 268 g/mol. The number of amides is 2. The molecule has 1 aromatic carbocycles. The van der Waals surface area contributed by atoms with Crippen molar-refractivity contribution in [1.82, 2.24) is 10.6 Å². The van der Waals surface area contributed by atoms with Crippen LogP contribution in [0.4, 0.5) is 4.79 Å². The maximum Gasteiger partial charge on any atom is 0.315 e. The molecule has 116 valence electrons. The number of hydrogen-bond donors (Lipinski definition) is 3. The van der Waals surface area contributed by atoms with Gasteiger partial charge in [-0.05, 0) is 24.8 Å². The smallest absolute Gasteiger partial charge is 0.315 e. The van der Waals surface area contributed by atoms with Crippen LogP contribution in [0.3, 0.4) is 0 Å². The summed E-state index contributed by atoms with van der Waals surface area (Å²) in [6.07, 6.45) is 0.655. The third-order valence-electron chi connectivity index (χ3n) is 3.77. The Hall–Kier alpha value is -1.75. The molecule has 21 heavy (non-hydrogen) atoms. The molecule has 5 nitrogen and oxygen atoms in total. The van der Waals surface area contributed by atoms with Crippen LogP contribution in [0, 0.1) is 12.3 Å². The third-order valence-corrected chi connectivity index (χ3v) is 3.77. The highest BCUT2D eigenvalue weighted by Gasteiger charge is 2.26. The van der Waals surface area contributed by atoms with Crippen LogP contribution in [-0.4, -0.2) is 30.9 Å². The van der Waals surface area contributed by atoms with Gasteiger partial charge in [0.05, 0.1) is 6.04 Å². The Bertz CT molecular complexity index is 514. The molecule has 3 N–H and O–H groups in total. The summed E-state index contributed by atoms with van der Waals surface area (Å²) in [6, 6.07) is 5.67. The molecule has 0 aliphatic carbocycles. The maximum absolute atomic E-state index is 12.0. The number of rotatable bonds is 5. The summed E-state index contributed by atoms with van der Waals surface area (Å²) >= 11 is 0. The number of benzene rings is 1. The fourth-order valence-electron chi connectivity index (χ4n) is 2.37. The SMILES string of the molecule is Cc1ccc2c(c1)C(NC(=O)NCC(C)(C)CCO)CO2. The van der Waals surface area contributed by atoms with Crippen molar-refractivity contribution in [1.29, 1.82) is 0 Å². The first-order valence-electron chi connectivity index (χ1n) is 7.30. The summed E-state index contributed by atoms with van der Waals surface area (Å²) in [6.45, 7) is 7.16. The van der Waals surface area contributed by atoms with Gasteiger partial charge in [0.25, 0.3) is 0 Å². The normalized spacial score (nSPS) is 17.0. The Morgan fingerprint density at radius 1 is 1.48 bits per heavy atom. The van der Waals surface area contributed by atoms with E-state index in [2.05, 4.69) is 10.6 Å². The Morgan fingerprint density at radius 3 is 2.95 bits per heavy atom. The van der Waals surface area contributed by atoms with Gasteiger partial charge in [-0.15, -0.1) is 0 Å². The van der Waals surface area contributed by atoms with Crippen molar-refractivity contribution in [3.8, 4) is 5.75 Å². The molecule has 0 spiro atoms. The average Bonchev–Trinajstić information content (AvgIpc) is 2.79. The molecular formula is C16H24N2O3. The van der Waals surface area contributed by atoms with Gasteiger partial charge in [0, 0.05) is 18.7 Å². The topological polar surface area (TPSA) is 70.6 Å². The van der Waals surface area contributed by atoms with Crippen molar-refractivity contribution in [3.63, 3.8) is 0 Å². The van der Waals surface area contributed by atoms with E-state index in [1.165, 1.54) is 0 Å². The van der Waals surface area contributed by atoms with E-state index in [0.29, 0.717) is 19.6 Å². The van der Waals surface area contributed by atoms with E-state index in [1.807, 2.05) is 39.0 Å². The minimum Gasteiger partial charge on any atom is -0.491 e. The number of ether oxygens (including phenoxy) is 1. The van der Waals surface area contributed by atoms with Crippen LogP contribution in [0.1, 0.15) is 37.4 Å². The van der Waals surface area contributed by atoms with E-state index < -0.39 is 0 Å². The molecule has 1 aliphatic heterocycles. The first-order valence-corrected chi connectivity index (χ1v) is 7.30. The minimum atomic E-state index is -0.205. The van der Waals surface area contributed by atoms with Crippen molar-refractivity contribution in [2.45, 2.75) is 33.2 Å². The number of aryl methyl sites for hydroxylation is 1. The van der Waals surface area contributed by atoms with Gasteiger partial charge in [-0.2, -0.15) is 0 Å². The first kappa shape index (κ1) is 15.6. The number of aliphatic hydroxyl groups is 1. The van der Waals surface area contributed by atoms with E-state index in [-0.39, 0.29) is 24.1 Å². The van der Waals surface area contributed by atoms with E-state index in [9.17, 15) is 4.79 Å². The van der Waals surface area contributed by atoms with E-state index in [0.717, 1.165) is 16.9 Å². The highest BCUT2D eigenvalue weighted by atomic mass is 16.5. The van der Waals surface area contributed by atoms with Crippen molar-refractivity contribution < 1.29 is 14.6 Å². The van der Waals surface area contributed by atoms with Crippen molar-refractivity contribution in [2.75, 3.05) is 19.8 Å². The summed E-state index contributed by atoms with van der Waals surface area (Å²) in [4.78, 5) is 12.0. The lowest BCUT2D eigenvalue weighted by Gasteiger charge is -2.24. The standard InChI is InChI=1S/C16H24N2O3/c1-11-4-5-14-12(8-11)13(9-21-14)18-15(20)17-10-16(2,3)6-7-19/h4-5,8,13,19H,6-7,9-10H2,1-3H3,(H2,17,18,20). The predicted octanol–water partition coefficient (Wildman–Crippen LogP) is 2.14. The van der Waals surface area contributed by atoms with Gasteiger partial charge in [-0.3, -0.25) is 0 Å². The number of urea groups is 1. The molecule has 0 saturated carbocycles. The van der Waals surface area contributed by atoms with Crippen LogP contribution in [0.25, 0.3) is 0 Å². The van der Waals surface area contributed by atoms with Gasteiger partial charge in [-0.25, -0.2) is 4.79 Å². The zero-order chi connectivity index (χ0) is 15.5. The summed E-state index contributed by atoms with van der Waals surface area (Å²) < 4.78 is 5.58. The van der Waals surface area contributed by atoms with Crippen LogP contribution in [0.15, 0.2) is 18.2 Å². The Balaban J connectivity index is 1.89. The quantitative estimate of drug-likeness (QED) is 0.778. The van der Waals surface area contributed by atoms with Crippen LogP contribution >= 0.6 is 0 Å². The van der Waals surface area contributed by atoms with Crippen LogP contribution < -0.4 is 15.4 Å². The molecule has 1 atom stereocenters. The molecule has 1 unspecified atom stereocenters. The van der Waals surface area contributed by atoms with Gasteiger partial charge >= 0.3 is 6.03 Å². The number of carbonyl (C=O) groups excluding carboxylic acids is 1. The Morgan fingerprint density at radius 2 is 2.24 bits per heavy atom. The summed E-state index contributed by atoms with van der Waals surface area (Å²) in [5, 5.41) is 14.8. The molecule has 1 aliphatic rings. The van der Waals surface area contributed by atoms with E-state index >= 15 is 0 Å². The summed E-state index contributed by atoms with van der Waals surface area (Å²) in [7, 11) is 0.